The van der Waals surface area contributed by atoms with E-state index in [2.05, 4.69) is 9.47 Å². The Bertz CT molecular complexity index is 683. The van der Waals surface area contributed by atoms with Crippen molar-refractivity contribution in [2.45, 2.75) is 50.0 Å². The van der Waals surface area contributed by atoms with E-state index in [-0.39, 0.29) is 45.4 Å². The van der Waals surface area contributed by atoms with Crippen LogP contribution in [0.25, 0.3) is 0 Å². The van der Waals surface area contributed by atoms with E-state index in [0.717, 1.165) is 0 Å². The van der Waals surface area contributed by atoms with Crippen LogP contribution < -0.4 is 0 Å². The van der Waals surface area contributed by atoms with E-state index in [9.17, 15) is 19.2 Å². The van der Waals surface area contributed by atoms with E-state index < -0.39 is 0 Å². The third-order valence-electron chi connectivity index (χ3n) is 3.89. The normalized spacial score (nSPS) is 8.55. The molecule has 0 aliphatic rings. The number of rotatable bonds is 7. The maximum Gasteiger partial charge on any atom is 0.159 e. The molecule has 2 aromatic carbocycles. The van der Waals surface area contributed by atoms with E-state index in [1.165, 1.54) is 27.7 Å². The smallest absolute Gasteiger partial charge is 0.159 e. The number of methoxy groups -OCH3 is 2. The van der Waals surface area contributed by atoms with Crippen LogP contribution in [0.1, 0.15) is 91.4 Å². The number of ketones is 4. The summed E-state index contributed by atoms with van der Waals surface area (Å²) in [5, 5.41) is 0. The lowest BCUT2D eigenvalue weighted by atomic mass is 10.1. The molecular formula is C27H42O6. The van der Waals surface area contributed by atoms with Gasteiger partial charge in [0.05, 0.1) is 13.2 Å². The highest BCUT2D eigenvalue weighted by Gasteiger charge is 2.01. The lowest BCUT2D eigenvalue weighted by Gasteiger charge is -1.96. The predicted molar refractivity (Wildman–Crippen MR) is 137 cm³/mol. The Morgan fingerprint density at radius 2 is 0.636 bits per heavy atom. The van der Waals surface area contributed by atoms with Crippen LogP contribution in [0.3, 0.4) is 0 Å². The van der Waals surface area contributed by atoms with Gasteiger partial charge >= 0.3 is 0 Å². The molecule has 0 radical (unpaired) electrons. The second kappa shape index (κ2) is 20.9. The predicted octanol–water partition coefficient (Wildman–Crippen LogP) is 6.37. The van der Waals surface area contributed by atoms with Gasteiger partial charge in [-0.25, -0.2) is 0 Å². The van der Waals surface area contributed by atoms with Gasteiger partial charge in [-0.05, 0) is 27.7 Å². The Labute approximate surface area is 200 Å². The van der Waals surface area contributed by atoms with Gasteiger partial charge < -0.3 is 9.47 Å². The molecule has 0 aliphatic carbocycles. The molecule has 0 saturated carbocycles. The highest BCUT2D eigenvalue weighted by molar-refractivity contribution is 5.98. The molecule has 6 nitrogen and oxygen atoms in total. The van der Waals surface area contributed by atoms with Gasteiger partial charge in [-0.1, -0.05) is 70.8 Å². The summed E-state index contributed by atoms with van der Waals surface area (Å²) in [4.78, 5) is 43.4. The first-order valence-electron chi connectivity index (χ1n) is 9.35. The van der Waals surface area contributed by atoms with Crippen molar-refractivity contribution in [1.29, 1.82) is 0 Å². The second-order valence-electron chi connectivity index (χ2n) is 6.37. The van der Waals surface area contributed by atoms with Crippen LogP contribution in [0, 0.1) is 0 Å². The van der Waals surface area contributed by atoms with E-state index in [1.54, 1.807) is 62.8 Å². The third-order valence-corrected chi connectivity index (χ3v) is 3.89. The van der Waals surface area contributed by atoms with Crippen LogP contribution in [0.5, 0.6) is 0 Å². The highest BCUT2D eigenvalue weighted by Crippen LogP contribution is 2.06. The van der Waals surface area contributed by atoms with Crippen molar-refractivity contribution in [2.24, 2.45) is 0 Å². The Kier molecular flexibility index (Phi) is 23.7. The number of benzene rings is 2. The zero-order valence-electron chi connectivity index (χ0n) is 18.5. The number of carbonyl (C=O) groups is 4. The van der Waals surface area contributed by atoms with Gasteiger partial charge in [0.15, 0.2) is 23.1 Å². The summed E-state index contributed by atoms with van der Waals surface area (Å²) in [6.07, 6.45) is 0. The molecule has 0 aliphatic heterocycles. The molecule has 0 amide bonds. The average Bonchev–Trinajstić information content (AvgIpc) is 2.73. The molecule has 0 unspecified atom stereocenters. The topological polar surface area (TPSA) is 86.7 Å². The monoisotopic (exact) mass is 462 g/mol. The van der Waals surface area contributed by atoms with E-state index >= 15 is 0 Å². The molecule has 0 heterocycles. The average molecular weight is 463 g/mol. The number of hydrogen-bond donors (Lipinski definition) is 0. The largest absolute Gasteiger partial charge is 0.382 e. The van der Waals surface area contributed by atoms with Gasteiger partial charge in [-0.3, -0.25) is 19.2 Å². The Morgan fingerprint density at radius 3 is 0.727 bits per heavy atom. The molecule has 2 rings (SSSR count). The van der Waals surface area contributed by atoms with Gasteiger partial charge in [0, 0.05) is 36.5 Å². The quantitative estimate of drug-likeness (QED) is 0.351. The molecular weight excluding hydrogens is 420 g/mol. The fourth-order valence-electron chi connectivity index (χ4n) is 2.05. The zero-order chi connectivity index (χ0) is 23.1. The maximum absolute atomic E-state index is 10.8. The van der Waals surface area contributed by atoms with E-state index in [1.807, 2.05) is 0 Å². The van der Waals surface area contributed by atoms with Gasteiger partial charge in [-0.2, -0.15) is 0 Å². The van der Waals surface area contributed by atoms with Gasteiger partial charge in [0.1, 0.15) is 0 Å². The SMILES string of the molecule is C.C.C.CC(=O)c1ccc(C(C)=O)cc1.CC(=O)c1ccc(C(C)=O)cc1.COCCOC. The van der Waals surface area contributed by atoms with Crippen molar-refractivity contribution in [3.8, 4) is 0 Å². The van der Waals surface area contributed by atoms with E-state index in [4.69, 9.17) is 0 Å². The van der Waals surface area contributed by atoms with Crippen LogP contribution in [0.2, 0.25) is 0 Å². The summed E-state index contributed by atoms with van der Waals surface area (Å²) < 4.78 is 9.31. The molecule has 33 heavy (non-hydrogen) atoms. The fraction of sp³-hybridized carbons (Fsp3) is 0.407. The van der Waals surface area contributed by atoms with Crippen molar-refractivity contribution in [3.05, 3.63) is 70.8 Å². The van der Waals surface area contributed by atoms with Crippen LogP contribution in [0.15, 0.2) is 48.5 Å². The minimum absolute atomic E-state index is 0. The molecule has 0 saturated heterocycles. The van der Waals surface area contributed by atoms with Crippen molar-refractivity contribution in [1.82, 2.24) is 0 Å². The molecule has 186 valence electrons. The first-order valence-corrected chi connectivity index (χ1v) is 9.35. The minimum atomic E-state index is 0. The standard InChI is InChI=1S/2C10H10O2.C4H10O2.3CH4/c2*1-7(11)9-3-5-10(6-4-9)8(2)12;1-5-3-4-6-2;;;/h2*3-6H,1-2H3;3-4H2,1-2H3;3*1H4. The first kappa shape index (κ1) is 37.4. The lowest BCUT2D eigenvalue weighted by Crippen LogP contribution is -1.96. The van der Waals surface area contributed by atoms with Gasteiger partial charge in [-0.15, -0.1) is 0 Å². The molecule has 0 bridgehead atoms. The first-order chi connectivity index (χ1) is 14.1. The van der Waals surface area contributed by atoms with Crippen molar-refractivity contribution in [2.75, 3.05) is 27.4 Å². The fourth-order valence-corrected chi connectivity index (χ4v) is 2.05. The number of hydrogen-bond acceptors (Lipinski definition) is 6. The summed E-state index contributed by atoms with van der Waals surface area (Å²) >= 11 is 0. The minimum Gasteiger partial charge on any atom is -0.382 e. The third kappa shape index (κ3) is 16.3. The van der Waals surface area contributed by atoms with Crippen LogP contribution in [0.4, 0.5) is 0 Å². The van der Waals surface area contributed by atoms with Crippen molar-refractivity contribution >= 4 is 23.1 Å². The van der Waals surface area contributed by atoms with E-state index in [0.29, 0.717) is 35.5 Å². The number of carbonyl (C=O) groups excluding carboxylic acids is 4. The molecule has 0 fully saturated rings. The van der Waals surface area contributed by atoms with Crippen LogP contribution in [-0.4, -0.2) is 50.6 Å². The number of Topliss-reactive ketones (excluding diaryl/α,β-unsaturated/α-hetero) is 4. The molecule has 2 aromatic rings. The van der Waals surface area contributed by atoms with Gasteiger partial charge in [0.2, 0.25) is 0 Å². The Morgan fingerprint density at radius 1 is 0.485 bits per heavy atom. The lowest BCUT2D eigenvalue weighted by molar-refractivity contribution is 0.100. The molecule has 0 aromatic heterocycles. The van der Waals surface area contributed by atoms with Crippen LogP contribution in [-0.2, 0) is 9.47 Å². The summed E-state index contributed by atoms with van der Waals surface area (Å²) in [5.41, 5.74) is 2.56. The van der Waals surface area contributed by atoms with Crippen molar-refractivity contribution < 1.29 is 28.7 Å². The molecule has 0 spiro atoms. The summed E-state index contributed by atoms with van der Waals surface area (Å²) in [6, 6.07) is 13.3. The van der Waals surface area contributed by atoms with Crippen molar-refractivity contribution in [3.63, 3.8) is 0 Å². The Hall–Kier alpha value is -2.96. The maximum atomic E-state index is 10.8. The number of ether oxygens (including phenoxy) is 2. The van der Waals surface area contributed by atoms with Crippen LogP contribution >= 0.6 is 0 Å². The van der Waals surface area contributed by atoms with Gasteiger partial charge in [0.25, 0.3) is 0 Å². The molecule has 0 atom stereocenters. The summed E-state index contributed by atoms with van der Waals surface area (Å²) in [6.45, 7) is 7.39. The zero-order valence-corrected chi connectivity index (χ0v) is 18.5. The molecule has 0 N–H and O–H groups in total. The summed E-state index contributed by atoms with van der Waals surface area (Å²) in [5.74, 6) is 0.0745. The highest BCUT2D eigenvalue weighted by atomic mass is 16.5. The second-order valence-corrected chi connectivity index (χ2v) is 6.37. The Balaban J connectivity index is -0.000000193. The molecule has 6 heteroatoms. The summed E-state index contributed by atoms with van der Waals surface area (Å²) in [7, 11) is 3.30.